The molecular weight excluding hydrogens is 467 g/mol. The lowest BCUT2D eigenvalue weighted by Gasteiger charge is -2.15. The zero-order valence-electron chi connectivity index (χ0n) is 17.2. The van der Waals surface area contributed by atoms with Gasteiger partial charge in [-0.05, 0) is 43.3 Å². The Balaban J connectivity index is 1.52. The minimum atomic E-state index is -0.764. The molecule has 6 nitrogen and oxygen atoms in total. The number of halogens is 2. The number of aliphatic hydroxyl groups is 1. The van der Waals surface area contributed by atoms with E-state index in [-0.39, 0.29) is 6.61 Å². The molecule has 2 aromatic carbocycles. The maximum absolute atomic E-state index is 10.5. The molecule has 0 saturated heterocycles. The topological polar surface area (TPSA) is 73.1 Å². The molecule has 1 N–H and O–H groups in total. The lowest BCUT2D eigenvalue weighted by atomic mass is 10.2. The van der Waals surface area contributed by atoms with Crippen LogP contribution in [0.25, 0.3) is 17.1 Å². The lowest BCUT2D eigenvalue weighted by molar-refractivity contribution is 0.126. The van der Waals surface area contributed by atoms with Crippen LogP contribution in [0.1, 0.15) is 5.56 Å². The number of pyridine rings is 1. The average Bonchev–Trinajstić information content (AvgIpc) is 3.22. The summed E-state index contributed by atoms with van der Waals surface area (Å²) < 4.78 is 7.61. The number of nitrogens with zero attached hydrogens (tertiary/aromatic N) is 4. The van der Waals surface area contributed by atoms with E-state index in [9.17, 15) is 5.11 Å². The van der Waals surface area contributed by atoms with E-state index >= 15 is 0 Å². The molecule has 0 spiro atoms. The molecule has 1 atom stereocenters. The van der Waals surface area contributed by atoms with Gasteiger partial charge in [0.25, 0.3) is 0 Å². The first-order valence-electron chi connectivity index (χ1n) is 9.83. The third-order valence-electron chi connectivity index (χ3n) is 4.61. The van der Waals surface area contributed by atoms with Crippen LogP contribution >= 0.6 is 35.0 Å². The fourth-order valence-corrected chi connectivity index (χ4v) is 4.36. The van der Waals surface area contributed by atoms with Gasteiger partial charge in [0.15, 0.2) is 16.7 Å². The molecule has 0 amide bonds. The normalized spacial score (nSPS) is 12.0. The summed E-state index contributed by atoms with van der Waals surface area (Å²) in [4.78, 5) is 4.08. The largest absolute Gasteiger partial charge is 0.488 e. The van der Waals surface area contributed by atoms with E-state index in [1.165, 1.54) is 11.8 Å². The van der Waals surface area contributed by atoms with Crippen molar-refractivity contribution in [2.75, 3.05) is 12.4 Å². The predicted octanol–water partition coefficient (Wildman–Crippen LogP) is 5.48. The van der Waals surface area contributed by atoms with Gasteiger partial charge in [0.2, 0.25) is 0 Å². The predicted molar refractivity (Wildman–Crippen MR) is 128 cm³/mol. The zero-order valence-corrected chi connectivity index (χ0v) is 19.5. The Labute approximate surface area is 200 Å². The quantitative estimate of drug-likeness (QED) is 0.332. The molecule has 164 valence electrons. The van der Waals surface area contributed by atoms with Crippen molar-refractivity contribution < 1.29 is 9.84 Å². The smallest absolute Gasteiger partial charge is 0.196 e. The van der Waals surface area contributed by atoms with Gasteiger partial charge in [0.1, 0.15) is 6.61 Å². The van der Waals surface area contributed by atoms with Gasteiger partial charge in [-0.2, -0.15) is 0 Å². The monoisotopic (exact) mass is 486 g/mol. The van der Waals surface area contributed by atoms with Crippen molar-refractivity contribution in [1.82, 2.24) is 19.7 Å². The van der Waals surface area contributed by atoms with Gasteiger partial charge < -0.3 is 9.84 Å². The van der Waals surface area contributed by atoms with Crippen LogP contribution in [0.2, 0.25) is 10.0 Å². The first kappa shape index (κ1) is 22.6. The molecule has 0 radical (unpaired) electrons. The highest BCUT2D eigenvalue weighted by molar-refractivity contribution is 7.99. The summed E-state index contributed by atoms with van der Waals surface area (Å²) >= 11 is 13.6. The van der Waals surface area contributed by atoms with E-state index in [0.717, 1.165) is 16.8 Å². The highest BCUT2D eigenvalue weighted by Crippen LogP contribution is 2.33. The third kappa shape index (κ3) is 5.24. The summed E-state index contributed by atoms with van der Waals surface area (Å²) in [6.07, 6.45) is 2.67. The van der Waals surface area contributed by atoms with Crippen molar-refractivity contribution in [3.8, 4) is 22.8 Å². The Hall–Kier alpha value is -2.58. The number of rotatable bonds is 8. The highest BCUT2D eigenvalue weighted by Gasteiger charge is 2.18. The Morgan fingerprint density at radius 2 is 1.69 bits per heavy atom. The van der Waals surface area contributed by atoms with E-state index < -0.39 is 6.10 Å². The van der Waals surface area contributed by atoms with Crippen molar-refractivity contribution in [3.63, 3.8) is 0 Å². The fraction of sp³-hybridized carbons (Fsp3) is 0.174. The SMILES string of the molecule is Cc1ccc(-n2c(SCC(O)COc3c(Cl)cccc3Cl)nnc2-c2ccncc2)cc1. The lowest BCUT2D eigenvalue weighted by Crippen LogP contribution is -2.20. The number of hydrogen-bond acceptors (Lipinski definition) is 6. The van der Waals surface area contributed by atoms with Gasteiger partial charge in [-0.3, -0.25) is 9.55 Å². The number of hydrogen-bond donors (Lipinski definition) is 1. The van der Waals surface area contributed by atoms with Crippen molar-refractivity contribution in [2.24, 2.45) is 0 Å². The van der Waals surface area contributed by atoms with Crippen molar-refractivity contribution >= 4 is 35.0 Å². The number of aliphatic hydroxyl groups excluding tert-OH is 1. The van der Waals surface area contributed by atoms with Crippen LogP contribution in [0.15, 0.2) is 72.1 Å². The molecule has 32 heavy (non-hydrogen) atoms. The summed E-state index contributed by atoms with van der Waals surface area (Å²) in [7, 11) is 0. The Kier molecular flexibility index (Phi) is 7.32. The minimum absolute atomic E-state index is 0.0480. The molecule has 2 aromatic heterocycles. The highest BCUT2D eigenvalue weighted by atomic mass is 35.5. The maximum atomic E-state index is 10.5. The third-order valence-corrected chi connectivity index (χ3v) is 6.28. The number of aryl methyl sites for hydroxylation is 1. The van der Waals surface area contributed by atoms with Crippen molar-refractivity contribution in [3.05, 3.63) is 82.6 Å². The number of ether oxygens (including phenoxy) is 1. The number of aromatic nitrogens is 4. The molecule has 0 aliphatic carbocycles. The molecule has 1 unspecified atom stereocenters. The van der Waals surface area contributed by atoms with Crippen molar-refractivity contribution in [1.29, 1.82) is 0 Å². The Bertz CT molecular complexity index is 1170. The van der Waals surface area contributed by atoms with Gasteiger partial charge in [-0.25, -0.2) is 0 Å². The molecule has 9 heteroatoms. The first-order chi connectivity index (χ1) is 15.5. The van der Waals surface area contributed by atoms with E-state index in [0.29, 0.717) is 32.5 Å². The van der Waals surface area contributed by atoms with Crippen LogP contribution in [0.3, 0.4) is 0 Å². The summed E-state index contributed by atoms with van der Waals surface area (Å²) in [5.74, 6) is 1.41. The van der Waals surface area contributed by atoms with Gasteiger partial charge in [-0.15, -0.1) is 10.2 Å². The standard InChI is InChI=1S/C23H20Cl2N4O2S/c1-15-5-7-17(8-6-15)29-22(16-9-11-26-12-10-16)27-28-23(29)32-14-18(30)13-31-21-19(24)3-2-4-20(21)25/h2-12,18,30H,13-14H2,1H3. The van der Waals surface area contributed by atoms with Crippen molar-refractivity contribution in [2.45, 2.75) is 18.2 Å². The molecular formula is C23H20Cl2N4O2S. The van der Waals surface area contributed by atoms with Crippen LogP contribution in [0, 0.1) is 6.92 Å². The van der Waals surface area contributed by atoms with E-state index in [2.05, 4.69) is 15.2 Å². The molecule has 4 rings (SSSR count). The number of thioether (sulfide) groups is 1. The fourth-order valence-electron chi connectivity index (χ4n) is 3.00. The van der Waals surface area contributed by atoms with E-state index in [4.69, 9.17) is 27.9 Å². The van der Waals surface area contributed by atoms with Gasteiger partial charge in [0.05, 0.1) is 16.1 Å². The Morgan fingerprint density at radius 3 is 2.38 bits per heavy atom. The average molecular weight is 487 g/mol. The zero-order chi connectivity index (χ0) is 22.5. The second-order valence-corrected chi connectivity index (χ2v) is 8.84. The summed E-state index contributed by atoms with van der Waals surface area (Å²) in [6.45, 7) is 2.09. The molecule has 4 aromatic rings. The minimum Gasteiger partial charge on any atom is -0.488 e. The second kappa shape index (κ2) is 10.4. The number of para-hydroxylation sites is 1. The number of benzene rings is 2. The van der Waals surface area contributed by atoms with Gasteiger partial charge in [0, 0.05) is 29.4 Å². The van der Waals surface area contributed by atoms with Gasteiger partial charge >= 0.3 is 0 Å². The van der Waals surface area contributed by atoms with Crippen LogP contribution in [-0.2, 0) is 0 Å². The van der Waals surface area contributed by atoms with E-state index in [1.54, 1.807) is 30.6 Å². The molecule has 0 saturated carbocycles. The second-order valence-electron chi connectivity index (χ2n) is 7.04. The summed E-state index contributed by atoms with van der Waals surface area (Å²) in [6, 6.07) is 17.0. The first-order valence-corrected chi connectivity index (χ1v) is 11.6. The van der Waals surface area contributed by atoms with Crippen LogP contribution in [0.4, 0.5) is 0 Å². The molecule has 0 aliphatic rings. The molecule has 0 fully saturated rings. The van der Waals surface area contributed by atoms with Crippen LogP contribution in [-0.4, -0.2) is 43.3 Å². The molecule has 2 heterocycles. The Morgan fingerprint density at radius 1 is 1.00 bits per heavy atom. The van der Waals surface area contributed by atoms with Crippen LogP contribution < -0.4 is 4.74 Å². The van der Waals surface area contributed by atoms with E-state index in [1.807, 2.05) is 47.9 Å². The summed E-state index contributed by atoms with van der Waals surface area (Å²) in [5.41, 5.74) is 2.99. The van der Waals surface area contributed by atoms with Gasteiger partial charge in [-0.1, -0.05) is 58.7 Å². The van der Waals surface area contributed by atoms with Crippen LogP contribution in [0.5, 0.6) is 5.75 Å². The molecule has 0 bridgehead atoms. The maximum Gasteiger partial charge on any atom is 0.196 e. The molecule has 0 aliphatic heterocycles. The summed E-state index contributed by atoms with van der Waals surface area (Å²) in [5, 5.41) is 20.7.